The van der Waals surface area contributed by atoms with Crippen LogP contribution in [0.5, 0.6) is 0 Å². The molecule has 0 saturated carbocycles. The van der Waals surface area contributed by atoms with Gasteiger partial charge in [-0.05, 0) is 25.0 Å². The number of hydrogen-bond acceptors (Lipinski definition) is 2. The van der Waals surface area contributed by atoms with Crippen LogP contribution in [-0.2, 0) is 0 Å². The van der Waals surface area contributed by atoms with Crippen molar-refractivity contribution in [2.45, 2.75) is 33.2 Å². The predicted octanol–water partition coefficient (Wildman–Crippen LogP) is 2.44. The van der Waals surface area contributed by atoms with Crippen LogP contribution in [0, 0.1) is 12.8 Å². The Labute approximate surface area is 80.2 Å². The largest absolute Gasteiger partial charge is 0.322 e. The van der Waals surface area contributed by atoms with Gasteiger partial charge < -0.3 is 5.73 Å². The first-order valence-corrected chi connectivity index (χ1v) is 4.84. The fraction of sp³-hybridized carbons (Fsp3) is 0.545. The molecule has 0 bridgehead atoms. The average molecular weight is 178 g/mol. The van der Waals surface area contributed by atoms with Crippen molar-refractivity contribution in [3.63, 3.8) is 0 Å². The molecule has 0 saturated heterocycles. The standard InChI is InChI=1S/C11H18N2/c1-4-8(2)11(12)10-7-5-6-9(3)13-10/h5-8,11H,4,12H2,1-3H3. The normalized spacial score (nSPS) is 15.4. The number of nitrogens with two attached hydrogens (primary N) is 1. The Morgan fingerprint density at radius 1 is 1.46 bits per heavy atom. The van der Waals surface area contributed by atoms with Crippen LogP contribution in [0.15, 0.2) is 18.2 Å². The Morgan fingerprint density at radius 2 is 2.15 bits per heavy atom. The summed E-state index contributed by atoms with van der Waals surface area (Å²) in [5, 5.41) is 0. The Bertz CT molecular complexity index is 271. The second-order valence-electron chi connectivity index (χ2n) is 3.62. The fourth-order valence-corrected chi connectivity index (χ4v) is 1.30. The lowest BCUT2D eigenvalue weighted by atomic mass is 9.97. The molecule has 13 heavy (non-hydrogen) atoms. The quantitative estimate of drug-likeness (QED) is 0.772. The zero-order valence-corrected chi connectivity index (χ0v) is 8.62. The van der Waals surface area contributed by atoms with Gasteiger partial charge in [-0.3, -0.25) is 4.98 Å². The van der Waals surface area contributed by atoms with Gasteiger partial charge in [-0.2, -0.15) is 0 Å². The third-order valence-corrected chi connectivity index (χ3v) is 2.51. The van der Waals surface area contributed by atoms with Gasteiger partial charge in [-0.15, -0.1) is 0 Å². The summed E-state index contributed by atoms with van der Waals surface area (Å²) in [6, 6.07) is 6.08. The molecule has 2 N–H and O–H groups in total. The van der Waals surface area contributed by atoms with Crippen molar-refractivity contribution in [1.82, 2.24) is 4.98 Å². The van der Waals surface area contributed by atoms with Crippen LogP contribution in [0.2, 0.25) is 0 Å². The van der Waals surface area contributed by atoms with Crippen LogP contribution in [0.25, 0.3) is 0 Å². The maximum Gasteiger partial charge on any atom is 0.0576 e. The molecule has 0 aliphatic carbocycles. The molecule has 72 valence electrons. The first-order valence-electron chi connectivity index (χ1n) is 4.84. The highest BCUT2D eigenvalue weighted by atomic mass is 14.8. The van der Waals surface area contributed by atoms with Gasteiger partial charge in [0, 0.05) is 11.7 Å². The van der Waals surface area contributed by atoms with Crippen LogP contribution < -0.4 is 5.73 Å². The lowest BCUT2D eigenvalue weighted by Gasteiger charge is -2.17. The molecule has 0 fully saturated rings. The van der Waals surface area contributed by atoms with E-state index in [1.807, 2.05) is 25.1 Å². The maximum absolute atomic E-state index is 6.06. The summed E-state index contributed by atoms with van der Waals surface area (Å²) in [6.45, 7) is 6.31. The fourth-order valence-electron chi connectivity index (χ4n) is 1.30. The van der Waals surface area contributed by atoms with E-state index < -0.39 is 0 Å². The van der Waals surface area contributed by atoms with Crippen molar-refractivity contribution in [2.75, 3.05) is 0 Å². The average Bonchev–Trinajstić information content (AvgIpc) is 2.15. The lowest BCUT2D eigenvalue weighted by Crippen LogP contribution is -2.19. The van der Waals surface area contributed by atoms with Gasteiger partial charge in [0.25, 0.3) is 0 Å². The Hall–Kier alpha value is -0.890. The van der Waals surface area contributed by atoms with E-state index in [0.29, 0.717) is 5.92 Å². The summed E-state index contributed by atoms with van der Waals surface area (Å²) in [5.41, 5.74) is 8.10. The zero-order chi connectivity index (χ0) is 9.84. The first-order chi connectivity index (χ1) is 6.15. The minimum atomic E-state index is 0.0740. The number of nitrogens with zero attached hydrogens (tertiary/aromatic N) is 1. The molecule has 2 nitrogen and oxygen atoms in total. The molecule has 2 unspecified atom stereocenters. The highest BCUT2D eigenvalue weighted by molar-refractivity contribution is 5.13. The lowest BCUT2D eigenvalue weighted by molar-refractivity contribution is 0.448. The Balaban J connectivity index is 2.82. The monoisotopic (exact) mass is 178 g/mol. The number of aryl methyl sites for hydroxylation is 1. The van der Waals surface area contributed by atoms with Crippen molar-refractivity contribution in [2.24, 2.45) is 11.7 Å². The summed E-state index contributed by atoms with van der Waals surface area (Å²) >= 11 is 0. The van der Waals surface area contributed by atoms with E-state index in [4.69, 9.17) is 5.73 Å². The second kappa shape index (κ2) is 4.38. The predicted molar refractivity (Wildman–Crippen MR) is 55.4 cm³/mol. The van der Waals surface area contributed by atoms with Gasteiger partial charge in [0.05, 0.1) is 5.69 Å². The van der Waals surface area contributed by atoms with E-state index in [2.05, 4.69) is 18.8 Å². The van der Waals surface area contributed by atoms with Crippen molar-refractivity contribution in [3.05, 3.63) is 29.6 Å². The number of pyridine rings is 1. The van der Waals surface area contributed by atoms with E-state index in [-0.39, 0.29) is 6.04 Å². The van der Waals surface area contributed by atoms with E-state index in [9.17, 15) is 0 Å². The van der Waals surface area contributed by atoms with Crippen molar-refractivity contribution >= 4 is 0 Å². The molecule has 1 heterocycles. The zero-order valence-electron chi connectivity index (χ0n) is 8.62. The maximum atomic E-state index is 6.06. The smallest absolute Gasteiger partial charge is 0.0576 e. The van der Waals surface area contributed by atoms with E-state index in [1.165, 1.54) is 0 Å². The third-order valence-electron chi connectivity index (χ3n) is 2.51. The first kappa shape index (κ1) is 10.2. The molecule has 1 rings (SSSR count). The van der Waals surface area contributed by atoms with E-state index in [0.717, 1.165) is 17.8 Å². The summed E-state index contributed by atoms with van der Waals surface area (Å²) in [7, 11) is 0. The molecule has 0 radical (unpaired) electrons. The molecular weight excluding hydrogens is 160 g/mol. The van der Waals surface area contributed by atoms with E-state index in [1.54, 1.807) is 0 Å². The molecule has 0 spiro atoms. The number of hydrogen-bond donors (Lipinski definition) is 1. The molecule has 1 aromatic heterocycles. The van der Waals surface area contributed by atoms with Crippen molar-refractivity contribution < 1.29 is 0 Å². The van der Waals surface area contributed by atoms with Gasteiger partial charge in [0.15, 0.2) is 0 Å². The van der Waals surface area contributed by atoms with Crippen molar-refractivity contribution in [3.8, 4) is 0 Å². The highest BCUT2D eigenvalue weighted by Gasteiger charge is 2.13. The summed E-state index contributed by atoms with van der Waals surface area (Å²) in [4.78, 5) is 4.42. The third kappa shape index (κ3) is 2.52. The number of rotatable bonds is 3. The van der Waals surface area contributed by atoms with Crippen LogP contribution >= 0.6 is 0 Å². The van der Waals surface area contributed by atoms with Crippen LogP contribution in [0.1, 0.15) is 37.7 Å². The van der Waals surface area contributed by atoms with Crippen LogP contribution in [0.3, 0.4) is 0 Å². The molecule has 1 aromatic rings. The van der Waals surface area contributed by atoms with E-state index >= 15 is 0 Å². The molecule has 2 heteroatoms. The molecular formula is C11H18N2. The Kier molecular flexibility index (Phi) is 3.43. The van der Waals surface area contributed by atoms with Crippen molar-refractivity contribution in [1.29, 1.82) is 0 Å². The number of aromatic nitrogens is 1. The molecule has 0 aliphatic rings. The second-order valence-corrected chi connectivity index (χ2v) is 3.62. The van der Waals surface area contributed by atoms with Gasteiger partial charge in [0.2, 0.25) is 0 Å². The van der Waals surface area contributed by atoms with Gasteiger partial charge in [0.1, 0.15) is 0 Å². The summed E-state index contributed by atoms with van der Waals surface area (Å²) in [6.07, 6.45) is 1.09. The van der Waals surface area contributed by atoms with Gasteiger partial charge in [-0.1, -0.05) is 26.3 Å². The Morgan fingerprint density at radius 3 is 2.69 bits per heavy atom. The molecule has 0 aliphatic heterocycles. The molecule has 0 aromatic carbocycles. The molecule has 2 atom stereocenters. The summed E-state index contributed by atoms with van der Waals surface area (Å²) < 4.78 is 0. The topological polar surface area (TPSA) is 38.9 Å². The van der Waals surface area contributed by atoms with Crippen LogP contribution in [-0.4, -0.2) is 4.98 Å². The van der Waals surface area contributed by atoms with Gasteiger partial charge >= 0.3 is 0 Å². The SMILES string of the molecule is CCC(C)C(N)c1cccc(C)n1. The minimum Gasteiger partial charge on any atom is -0.322 e. The highest BCUT2D eigenvalue weighted by Crippen LogP contribution is 2.19. The summed E-state index contributed by atoms with van der Waals surface area (Å²) in [5.74, 6) is 0.495. The van der Waals surface area contributed by atoms with Gasteiger partial charge in [-0.25, -0.2) is 0 Å². The van der Waals surface area contributed by atoms with Crippen LogP contribution in [0.4, 0.5) is 0 Å². The molecule has 0 amide bonds. The minimum absolute atomic E-state index is 0.0740.